The lowest BCUT2D eigenvalue weighted by atomic mass is 9.84. The van der Waals surface area contributed by atoms with Crippen LogP contribution >= 0.6 is 0 Å². The van der Waals surface area contributed by atoms with Crippen molar-refractivity contribution in [1.29, 1.82) is 0 Å². The van der Waals surface area contributed by atoms with Crippen molar-refractivity contribution in [3.63, 3.8) is 0 Å². The van der Waals surface area contributed by atoms with Gasteiger partial charge < -0.3 is 9.84 Å². The first-order valence-corrected chi connectivity index (χ1v) is 7.63. The van der Waals surface area contributed by atoms with E-state index in [2.05, 4.69) is 12.1 Å². The van der Waals surface area contributed by atoms with Crippen LogP contribution in [0.3, 0.4) is 0 Å². The highest BCUT2D eigenvalue weighted by molar-refractivity contribution is 5.16. The summed E-state index contributed by atoms with van der Waals surface area (Å²) in [6.07, 6.45) is 7.18. The van der Waals surface area contributed by atoms with Crippen LogP contribution in [0.15, 0.2) is 30.3 Å². The molecule has 2 heteroatoms. The molecule has 0 aliphatic heterocycles. The SMILES string of the molecule is CCOC1(C(O)Cc2ccccc2)CCCCCC1. The zero-order valence-electron chi connectivity index (χ0n) is 12.0. The number of ether oxygens (including phenoxy) is 1. The molecule has 1 N–H and O–H groups in total. The van der Waals surface area contributed by atoms with Crippen molar-refractivity contribution in [3.05, 3.63) is 35.9 Å². The Labute approximate surface area is 116 Å². The summed E-state index contributed by atoms with van der Waals surface area (Å²) in [5.74, 6) is 0. The van der Waals surface area contributed by atoms with Crippen molar-refractivity contribution in [3.8, 4) is 0 Å². The zero-order chi connectivity index (χ0) is 13.6. The maximum Gasteiger partial charge on any atom is 0.0943 e. The van der Waals surface area contributed by atoms with E-state index in [9.17, 15) is 5.11 Å². The third kappa shape index (κ3) is 3.80. The fourth-order valence-corrected chi connectivity index (χ4v) is 3.21. The molecule has 1 aromatic rings. The molecule has 2 rings (SSSR count). The quantitative estimate of drug-likeness (QED) is 0.820. The summed E-state index contributed by atoms with van der Waals surface area (Å²) in [5.41, 5.74) is 0.875. The predicted molar refractivity (Wildman–Crippen MR) is 78.2 cm³/mol. The molecule has 0 bridgehead atoms. The molecule has 0 heterocycles. The zero-order valence-corrected chi connectivity index (χ0v) is 12.0. The van der Waals surface area contributed by atoms with Crippen LogP contribution in [-0.2, 0) is 11.2 Å². The van der Waals surface area contributed by atoms with E-state index < -0.39 is 6.10 Å². The van der Waals surface area contributed by atoms with E-state index in [1.165, 1.54) is 31.2 Å². The highest BCUT2D eigenvalue weighted by Crippen LogP contribution is 2.34. The first-order valence-electron chi connectivity index (χ1n) is 7.63. The molecule has 1 saturated carbocycles. The minimum absolute atomic E-state index is 0.318. The fraction of sp³-hybridized carbons (Fsp3) is 0.647. The highest BCUT2D eigenvalue weighted by Gasteiger charge is 2.38. The number of hydrogen-bond acceptors (Lipinski definition) is 2. The van der Waals surface area contributed by atoms with Gasteiger partial charge in [-0.2, -0.15) is 0 Å². The molecule has 2 nitrogen and oxygen atoms in total. The minimum Gasteiger partial charge on any atom is -0.390 e. The van der Waals surface area contributed by atoms with Crippen molar-refractivity contribution in [1.82, 2.24) is 0 Å². The second kappa shape index (κ2) is 7.06. The van der Waals surface area contributed by atoms with E-state index in [1.807, 2.05) is 25.1 Å². The molecule has 0 aromatic heterocycles. The van der Waals surface area contributed by atoms with Gasteiger partial charge in [-0.25, -0.2) is 0 Å². The van der Waals surface area contributed by atoms with Gasteiger partial charge in [-0.05, 0) is 25.3 Å². The Balaban J connectivity index is 2.08. The molecule has 19 heavy (non-hydrogen) atoms. The highest BCUT2D eigenvalue weighted by atomic mass is 16.5. The Hall–Kier alpha value is -0.860. The second-order valence-corrected chi connectivity index (χ2v) is 5.62. The van der Waals surface area contributed by atoms with E-state index in [1.54, 1.807) is 0 Å². The lowest BCUT2D eigenvalue weighted by Crippen LogP contribution is -2.46. The number of aliphatic hydroxyl groups excluding tert-OH is 1. The van der Waals surface area contributed by atoms with Crippen LogP contribution in [0.25, 0.3) is 0 Å². The lowest BCUT2D eigenvalue weighted by Gasteiger charge is -2.37. The molecule has 106 valence electrons. The Morgan fingerprint density at radius 1 is 1.11 bits per heavy atom. The second-order valence-electron chi connectivity index (χ2n) is 5.62. The summed E-state index contributed by atoms with van der Waals surface area (Å²) in [4.78, 5) is 0. The van der Waals surface area contributed by atoms with E-state index in [-0.39, 0.29) is 5.60 Å². The molecule has 1 aliphatic carbocycles. The summed E-state index contributed by atoms with van der Waals surface area (Å²) >= 11 is 0. The Bertz CT molecular complexity index is 353. The van der Waals surface area contributed by atoms with Gasteiger partial charge in [0.15, 0.2) is 0 Å². The van der Waals surface area contributed by atoms with Crippen LogP contribution in [0.2, 0.25) is 0 Å². The molecule has 0 amide bonds. The van der Waals surface area contributed by atoms with Crippen molar-refractivity contribution in [2.45, 2.75) is 63.6 Å². The van der Waals surface area contributed by atoms with Gasteiger partial charge in [0.05, 0.1) is 11.7 Å². The maximum absolute atomic E-state index is 10.7. The van der Waals surface area contributed by atoms with Gasteiger partial charge in [-0.3, -0.25) is 0 Å². The van der Waals surface area contributed by atoms with Gasteiger partial charge in [0, 0.05) is 13.0 Å². The Morgan fingerprint density at radius 3 is 2.32 bits per heavy atom. The standard InChI is InChI=1S/C17H26O2/c1-2-19-17(12-8-3-4-9-13-17)16(18)14-15-10-6-5-7-11-15/h5-7,10-11,16,18H,2-4,8-9,12-14H2,1H3. The van der Waals surface area contributed by atoms with Crippen LogP contribution in [0.4, 0.5) is 0 Å². The summed E-state index contributed by atoms with van der Waals surface area (Å²) in [6, 6.07) is 10.2. The number of benzene rings is 1. The summed E-state index contributed by atoms with van der Waals surface area (Å²) in [6.45, 7) is 2.72. The number of rotatable bonds is 5. The Morgan fingerprint density at radius 2 is 1.74 bits per heavy atom. The van der Waals surface area contributed by atoms with E-state index in [4.69, 9.17) is 4.74 Å². The fourth-order valence-electron chi connectivity index (χ4n) is 3.21. The van der Waals surface area contributed by atoms with Gasteiger partial charge in [0.25, 0.3) is 0 Å². The molecule has 1 fully saturated rings. The summed E-state index contributed by atoms with van der Waals surface area (Å²) in [5, 5.41) is 10.7. The van der Waals surface area contributed by atoms with Crippen LogP contribution in [0.5, 0.6) is 0 Å². The summed E-state index contributed by atoms with van der Waals surface area (Å²) in [7, 11) is 0. The first-order chi connectivity index (χ1) is 9.27. The molecule has 1 unspecified atom stereocenters. The van der Waals surface area contributed by atoms with E-state index >= 15 is 0 Å². The normalized spacial score (nSPS) is 20.7. The molecule has 0 spiro atoms. The molecule has 1 atom stereocenters. The van der Waals surface area contributed by atoms with Gasteiger partial charge in [0.1, 0.15) is 0 Å². The van der Waals surface area contributed by atoms with Crippen molar-refractivity contribution < 1.29 is 9.84 Å². The van der Waals surface area contributed by atoms with E-state index in [0.717, 1.165) is 12.8 Å². The third-order valence-electron chi connectivity index (χ3n) is 4.26. The summed E-state index contributed by atoms with van der Waals surface area (Å²) < 4.78 is 6.03. The minimum atomic E-state index is -0.395. The maximum atomic E-state index is 10.7. The third-order valence-corrected chi connectivity index (χ3v) is 4.26. The van der Waals surface area contributed by atoms with Crippen LogP contribution in [-0.4, -0.2) is 23.4 Å². The lowest BCUT2D eigenvalue weighted by molar-refractivity contribution is -0.128. The van der Waals surface area contributed by atoms with Gasteiger partial charge >= 0.3 is 0 Å². The average molecular weight is 262 g/mol. The van der Waals surface area contributed by atoms with Crippen molar-refractivity contribution in [2.24, 2.45) is 0 Å². The largest absolute Gasteiger partial charge is 0.390 e. The van der Waals surface area contributed by atoms with Crippen LogP contribution in [0.1, 0.15) is 51.0 Å². The number of aliphatic hydroxyl groups is 1. The van der Waals surface area contributed by atoms with Crippen LogP contribution in [0, 0.1) is 0 Å². The van der Waals surface area contributed by atoms with Crippen molar-refractivity contribution >= 4 is 0 Å². The molecule has 1 aliphatic rings. The predicted octanol–water partition coefficient (Wildman–Crippen LogP) is 3.72. The van der Waals surface area contributed by atoms with Crippen LogP contribution < -0.4 is 0 Å². The van der Waals surface area contributed by atoms with Crippen molar-refractivity contribution in [2.75, 3.05) is 6.61 Å². The van der Waals surface area contributed by atoms with Gasteiger partial charge in [-0.1, -0.05) is 56.0 Å². The molecule has 1 aromatic carbocycles. The molecule has 0 radical (unpaired) electrons. The molecular formula is C17H26O2. The smallest absolute Gasteiger partial charge is 0.0943 e. The van der Waals surface area contributed by atoms with Gasteiger partial charge in [0.2, 0.25) is 0 Å². The molecular weight excluding hydrogens is 236 g/mol. The average Bonchev–Trinajstić information content (AvgIpc) is 2.67. The molecule has 0 saturated heterocycles. The first kappa shape index (κ1) is 14.5. The monoisotopic (exact) mass is 262 g/mol. The Kier molecular flexibility index (Phi) is 5.41. The van der Waals surface area contributed by atoms with Gasteiger partial charge in [-0.15, -0.1) is 0 Å². The number of hydrogen-bond donors (Lipinski definition) is 1. The topological polar surface area (TPSA) is 29.5 Å². The van der Waals surface area contributed by atoms with E-state index in [0.29, 0.717) is 13.0 Å².